The summed E-state index contributed by atoms with van der Waals surface area (Å²) in [4.78, 5) is 15.0. The summed E-state index contributed by atoms with van der Waals surface area (Å²) in [6.45, 7) is 3.70. The third-order valence-corrected chi connectivity index (χ3v) is 5.95. The molecule has 7 heteroatoms. The molecular formula is C20H23N5OS. The number of amides is 1. The summed E-state index contributed by atoms with van der Waals surface area (Å²) in [6, 6.07) is 12.0. The number of rotatable bonds is 5. The Bertz CT molecular complexity index is 905. The second-order valence-corrected chi connectivity index (χ2v) is 7.68. The van der Waals surface area contributed by atoms with Gasteiger partial charge in [0.15, 0.2) is 0 Å². The van der Waals surface area contributed by atoms with Gasteiger partial charge in [0.05, 0.1) is 5.92 Å². The lowest BCUT2D eigenvalue weighted by molar-refractivity contribution is -0.120. The van der Waals surface area contributed by atoms with Crippen LogP contribution in [-0.2, 0) is 11.2 Å². The summed E-state index contributed by atoms with van der Waals surface area (Å²) in [6.07, 6.45) is 6.70. The molecule has 1 aliphatic heterocycles. The molecule has 0 spiro atoms. The van der Waals surface area contributed by atoms with Crippen LogP contribution in [0.3, 0.4) is 0 Å². The Morgan fingerprint density at radius 1 is 1.19 bits per heavy atom. The molecule has 0 radical (unpaired) electrons. The first-order chi connectivity index (χ1) is 13.2. The van der Waals surface area contributed by atoms with Crippen molar-refractivity contribution in [3.63, 3.8) is 0 Å². The quantitative estimate of drug-likeness (QED) is 0.731. The number of benzene rings is 1. The van der Waals surface area contributed by atoms with Crippen LogP contribution in [-0.4, -0.2) is 33.8 Å². The van der Waals surface area contributed by atoms with Crippen molar-refractivity contribution in [3.8, 4) is 5.13 Å². The topological polar surface area (TPSA) is 63.1 Å². The molecule has 1 fully saturated rings. The van der Waals surface area contributed by atoms with E-state index in [2.05, 4.69) is 33.4 Å². The molecule has 1 atom stereocenters. The van der Waals surface area contributed by atoms with Crippen molar-refractivity contribution in [3.05, 3.63) is 54.4 Å². The number of anilines is 2. The maximum absolute atomic E-state index is 12.8. The smallest absolute Gasteiger partial charge is 0.229 e. The largest absolute Gasteiger partial charge is 0.346 e. The fraction of sp³-hybridized carbons (Fsp3) is 0.350. The molecule has 0 bridgehead atoms. The van der Waals surface area contributed by atoms with Gasteiger partial charge >= 0.3 is 0 Å². The van der Waals surface area contributed by atoms with Crippen molar-refractivity contribution in [1.29, 1.82) is 0 Å². The number of aromatic nitrogens is 3. The van der Waals surface area contributed by atoms with E-state index in [9.17, 15) is 4.79 Å². The predicted molar refractivity (Wildman–Crippen MR) is 109 cm³/mol. The van der Waals surface area contributed by atoms with Gasteiger partial charge in [-0.05, 0) is 43.0 Å². The third-order valence-electron chi connectivity index (χ3n) is 4.95. The second-order valence-electron chi connectivity index (χ2n) is 6.74. The Kier molecular flexibility index (Phi) is 5.20. The molecule has 4 rings (SSSR count). The first-order valence-corrected chi connectivity index (χ1v) is 10.2. The van der Waals surface area contributed by atoms with Crippen molar-refractivity contribution in [2.75, 3.05) is 23.3 Å². The predicted octanol–water partition coefficient (Wildman–Crippen LogP) is 3.75. The van der Waals surface area contributed by atoms with E-state index in [1.807, 2.05) is 47.3 Å². The monoisotopic (exact) mass is 381 g/mol. The summed E-state index contributed by atoms with van der Waals surface area (Å²) in [5.74, 6) is 0.0540. The van der Waals surface area contributed by atoms with Gasteiger partial charge in [0, 0.05) is 31.2 Å². The lowest BCUT2D eigenvalue weighted by Crippen LogP contribution is -2.40. The summed E-state index contributed by atoms with van der Waals surface area (Å²) < 4.78 is 1.96. The Morgan fingerprint density at radius 3 is 2.78 bits per heavy atom. The van der Waals surface area contributed by atoms with E-state index in [0.29, 0.717) is 6.54 Å². The number of hydrogen-bond donors (Lipinski definition) is 1. The minimum Gasteiger partial charge on any atom is -0.346 e. The van der Waals surface area contributed by atoms with E-state index in [0.717, 1.165) is 41.8 Å². The van der Waals surface area contributed by atoms with Gasteiger partial charge in [-0.1, -0.05) is 36.5 Å². The van der Waals surface area contributed by atoms with Crippen LogP contribution in [0.5, 0.6) is 0 Å². The van der Waals surface area contributed by atoms with Crippen molar-refractivity contribution in [2.24, 2.45) is 5.92 Å². The molecule has 0 unspecified atom stereocenters. The van der Waals surface area contributed by atoms with Crippen LogP contribution >= 0.6 is 11.3 Å². The number of hydrogen-bond acceptors (Lipinski definition) is 5. The maximum atomic E-state index is 12.8. The van der Waals surface area contributed by atoms with Crippen LogP contribution in [0.4, 0.5) is 10.8 Å². The molecule has 140 valence electrons. The zero-order valence-electron chi connectivity index (χ0n) is 15.3. The molecule has 1 aliphatic rings. The van der Waals surface area contributed by atoms with Gasteiger partial charge in [-0.25, -0.2) is 0 Å². The molecule has 0 aliphatic carbocycles. The molecule has 3 heterocycles. The van der Waals surface area contributed by atoms with E-state index in [-0.39, 0.29) is 11.8 Å². The Balaban J connectivity index is 1.44. The van der Waals surface area contributed by atoms with Crippen molar-refractivity contribution in [2.45, 2.75) is 26.2 Å². The molecule has 6 nitrogen and oxygen atoms in total. The highest BCUT2D eigenvalue weighted by Gasteiger charge is 2.28. The van der Waals surface area contributed by atoms with Crippen molar-refractivity contribution >= 4 is 28.1 Å². The molecule has 27 heavy (non-hydrogen) atoms. The van der Waals surface area contributed by atoms with Crippen LogP contribution < -0.4 is 10.2 Å². The van der Waals surface area contributed by atoms with Gasteiger partial charge in [-0.2, -0.15) is 0 Å². The number of carbonyl (C=O) groups excluding carboxylic acids is 1. The molecule has 2 aromatic heterocycles. The molecular weight excluding hydrogens is 358 g/mol. The van der Waals surface area contributed by atoms with Gasteiger partial charge in [-0.3, -0.25) is 9.36 Å². The highest BCUT2D eigenvalue weighted by atomic mass is 32.1. The lowest BCUT2D eigenvalue weighted by atomic mass is 9.97. The normalized spacial score (nSPS) is 17.1. The fourth-order valence-corrected chi connectivity index (χ4v) is 4.30. The fourth-order valence-electron chi connectivity index (χ4n) is 3.45. The van der Waals surface area contributed by atoms with Gasteiger partial charge < -0.3 is 10.2 Å². The molecule has 1 saturated heterocycles. The van der Waals surface area contributed by atoms with Crippen LogP contribution in [0, 0.1) is 5.92 Å². The highest BCUT2D eigenvalue weighted by Crippen LogP contribution is 2.28. The molecule has 1 N–H and O–H groups in total. The Morgan fingerprint density at radius 2 is 1.96 bits per heavy atom. The molecule has 1 amide bonds. The zero-order chi connectivity index (χ0) is 18.6. The van der Waals surface area contributed by atoms with Crippen LogP contribution in [0.25, 0.3) is 5.13 Å². The maximum Gasteiger partial charge on any atom is 0.229 e. The van der Waals surface area contributed by atoms with Gasteiger partial charge in [0.25, 0.3) is 0 Å². The minimum absolute atomic E-state index is 0.0393. The summed E-state index contributed by atoms with van der Waals surface area (Å²) in [7, 11) is 0. The first kappa shape index (κ1) is 17.7. The SMILES string of the molecule is CCc1ccccc1NC(=O)[C@@H]1CCCN(c2nnc(-n3cccc3)s2)C1. The summed E-state index contributed by atoms with van der Waals surface area (Å²) >= 11 is 1.56. The zero-order valence-corrected chi connectivity index (χ0v) is 16.2. The summed E-state index contributed by atoms with van der Waals surface area (Å²) in [5.41, 5.74) is 2.09. The minimum atomic E-state index is -0.0393. The molecule has 3 aromatic rings. The standard InChI is InChI=1S/C20H23N5OS/c1-2-15-8-3-4-10-17(15)21-18(26)16-9-7-13-25(14-16)20-23-22-19(27-20)24-11-5-6-12-24/h3-6,8,10-12,16H,2,7,9,13-14H2,1H3,(H,21,26)/t16-/m1/s1. The number of para-hydroxylation sites is 1. The van der Waals surface area contributed by atoms with E-state index in [1.165, 1.54) is 5.56 Å². The van der Waals surface area contributed by atoms with Crippen molar-refractivity contribution < 1.29 is 4.79 Å². The van der Waals surface area contributed by atoms with Gasteiger partial charge in [0.1, 0.15) is 0 Å². The lowest BCUT2D eigenvalue weighted by Gasteiger charge is -2.31. The van der Waals surface area contributed by atoms with E-state index in [4.69, 9.17) is 0 Å². The van der Waals surface area contributed by atoms with Gasteiger partial charge in [0.2, 0.25) is 16.2 Å². The average Bonchev–Trinajstić information content (AvgIpc) is 3.40. The Labute approximate surface area is 162 Å². The number of nitrogens with one attached hydrogen (secondary N) is 1. The second kappa shape index (κ2) is 7.92. The third kappa shape index (κ3) is 3.88. The van der Waals surface area contributed by atoms with Gasteiger partial charge in [-0.15, -0.1) is 10.2 Å². The van der Waals surface area contributed by atoms with Crippen LogP contribution in [0.1, 0.15) is 25.3 Å². The van der Waals surface area contributed by atoms with Crippen molar-refractivity contribution in [1.82, 2.24) is 14.8 Å². The number of piperidine rings is 1. The van der Waals surface area contributed by atoms with Crippen LogP contribution in [0.15, 0.2) is 48.8 Å². The first-order valence-electron chi connectivity index (χ1n) is 9.35. The average molecular weight is 382 g/mol. The Hall–Kier alpha value is -2.67. The summed E-state index contributed by atoms with van der Waals surface area (Å²) in [5, 5.41) is 13.5. The highest BCUT2D eigenvalue weighted by molar-refractivity contribution is 7.17. The van der Waals surface area contributed by atoms with E-state index >= 15 is 0 Å². The molecule has 0 saturated carbocycles. The van der Waals surface area contributed by atoms with Crippen LogP contribution in [0.2, 0.25) is 0 Å². The van der Waals surface area contributed by atoms with E-state index in [1.54, 1.807) is 11.3 Å². The number of aryl methyl sites for hydroxylation is 1. The molecule has 1 aromatic carbocycles. The van der Waals surface area contributed by atoms with E-state index < -0.39 is 0 Å². The number of carbonyl (C=O) groups is 1. The number of nitrogens with zero attached hydrogens (tertiary/aromatic N) is 4.